The molecule has 2 aromatic carbocycles. The van der Waals surface area contributed by atoms with Gasteiger partial charge in [0, 0.05) is 25.0 Å². The number of ether oxygens (including phenoxy) is 1. The number of hydrogen-bond acceptors (Lipinski definition) is 8. The van der Waals surface area contributed by atoms with Gasteiger partial charge in [-0.05, 0) is 109 Å². The van der Waals surface area contributed by atoms with Crippen molar-refractivity contribution in [2.45, 2.75) is 69.4 Å². The van der Waals surface area contributed by atoms with E-state index in [0.29, 0.717) is 48.9 Å². The molecule has 1 aliphatic heterocycles. The van der Waals surface area contributed by atoms with E-state index in [0.717, 1.165) is 30.7 Å². The number of tetrazole rings is 1. The van der Waals surface area contributed by atoms with Crippen molar-refractivity contribution in [3.63, 3.8) is 0 Å². The van der Waals surface area contributed by atoms with E-state index in [1.54, 1.807) is 48.7 Å². The monoisotopic (exact) mass is 619 g/mol. The molecule has 1 fully saturated rings. The summed E-state index contributed by atoms with van der Waals surface area (Å²) in [5.41, 5.74) is 1.91. The molecule has 0 bridgehead atoms. The first-order valence-electron chi connectivity index (χ1n) is 15.2. The molecule has 1 saturated carbocycles. The molecule has 2 aromatic heterocycles. The zero-order valence-corrected chi connectivity index (χ0v) is 25.5. The van der Waals surface area contributed by atoms with Gasteiger partial charge in [-0.2, -0.15) is 9.36 Å². The van der Waals surface area contributed by atoms with Crippen LogP contribution in [0.5, 0.6) is 5.75 Å². The van der Waals surface area contributed by atoms with Gasteiger partial charge in [0.1, 0.15) is 17.5 Å². The molecule has 44 heavy (non-hydrogen) atoms. The number of H-pyrrole nitrogens is 1. The number of aromatic nitrogens is 5. The van der Waals surface area contributed by atoms with E-state index in [4.69, 9.17) is 4.74 Å². The van der Waals surface area contributed by atoms with Gasteiger partial charge in [0.05, 0.1) is 17.1 Å². The lowest BCUT2D eigenvalue weighted by Crippen LogP contribution is -2.39. The van der Waals surface area contributed by atoms with Gasteiger partial charge < -0.3 is 14.6 Å². The maximum Gasteiger partial charge on any atom is 0.368 e. The van der Waals surface area contributed by atoms with E-state index in [1.165, 1.54) is 40.8 Å². The number of nitrogens with zero attached hydrogens (tertiary/aromatic N) is 5. The summed E-state index contributed by atoms with van der Waals surface area (Å²) in [7, 11) is -3.88. The highest BCUT2D eigenvalue weighted by atomic mass is 32.2. The third-order valence-electron chi connectivity index (χ3n) is 8.52. The molecular weight excluding hydrogens is 582 g/mol. The van der Waals surface area contributed by atoms with Crippen molar-refractivity contribution in [2.24, 2.45) is 5.92 Å². The molecule has 13 heteroatoms. The van der Waals surface area contributed by atoms with Gasteiger partial charge in [-0.15, -0.1) is 0 Å². The molecule has 0 spiro atoms. The molecular formula is C31H37N7O5S. The van der Waals surface area contributed by atoms with E-state index in [9.17, 15) is 18.0 Å². The third kappa shape index (κ3) is 6.42. The fourth-order valence-electron chi connectivity index (χ4n) is 5.81. The summed E-state index contributed by atoms with van der Waals surface area (Å²) < 4.78 is 37.8. The first-order chi connectivity index (χ1) is 21.3. The molecule has 3 heterocycles. The first kappa shape index (κ1) is 29.7. The molecule has 2 aliphatic rings. The van der Waals surface area contributed by atoms with E-state index in [-0.39, 0.29) is 22.2 Å². The van der Waals surface area contributed by atoms with Crippen LogP contribution in [0.2, 0.25) is 0 Å². The maximum atomic E-state index is 13.2. The molecule has 0 radical (unpaired) electrons. The summed E-state index contributed by atoms with van der Waals surface area (Å²) in [6, 6.07) is 14.8. The molecule has 0 amide bonds. The molecule has 1 atom stereocenters. The molecule has 0 saturated heterocycles. The van der Waals surface area contributed by atoms with Crippen LogP contribution in [0.4, 0.5) is 11.4 Å². The van der Waals surface area contributed by atoms with Gasteiger partial charge in [-0.1, -0.05) is 19.3 Å². The normalized spacial score (nSPS) is 16.5. The molecule has 6 rings (SSSR count). The number of likely N-dealkylation sites (N-methyl/N-ethyl adjacent to an activating group) is 1. The van der Waals surface area contributed by atoms with Gasteiger partial charge in [0.15, 0.2) is 0 Å². The highest BCUT2D eigenvalue weighted by Crippen LogP contribution is 2.32. The highest BCUT2D eigenvalue weighted by Gasteiger charge is 2.24. The fourth-order valence-corrected chi connectivity index (χ4v) is 6.86. The number of pyridine rings is 1. The van der Waals surface area contributed by atoms with Crippen LogP contribution in [0.15, 0.2) is 75.3 Å². The number of aryl methyl sites for hydroxylation is 2. The zero-order chi connectivity index (χ0) is 30.7. The number of hydrogen-bond donors (Lipinski definition) is 2. The van der Waals surface area contributed by atoms with E-state index >= 15 is 0 Å². The summed E-state index contributed by atoms with van der Waals surface area (Å²) >= 11 is 0. The number of sulfonamides is 1. The van der Waals surface area contributed by atoms with Crippen LogP contribution in [-0.4, -0.2) is 52.4 Å². The minimum atomic E-state index is -3.88. The number of aromatic amines is 1. The zero-order valence-electron chi connectivity index (χ0n) is 24.7. The van der Waals surface area contributed by atoms with Crippen molar-refractivity contribution in [3.05, 3.63) is 87.2 Å². The fraction of sp³-hybridized carbons (Fsp3) is 0.419. The Bertz CT molecular complexity index is 1830. The third-order valence-corrected chi connectivity index (χ3v) is 9.92. The number of benzene rings is 2. The van der Waals surface area contributed by atoms with Crippen LogP contribution in [0.1, 0.15) is 51.0 Å². The average Bonchev–Trinajstić information content (AvgIpc) is 3.37. The second kappa shape index (κ2) is 12.7. The summed E-state index contributed by atoms with van der Waals surface area (Å²) in [6.07, 6.45) is 8.76. The smallest absolute Gasteiger partial charge is 0.368 e. The van der Waals surface area contributed by atoms with Crippen molar-refractivity contribution in [1.82, 2.24) is 24.8 Å². The average molecular weight is 620 g/mol. The van der Waals surface area contributed by atoms with E-state index in [2.05, 4.69) is 20.1 Å². The van der Waals surface area contributed by atoms with Crippen molar-refractivity contribution < 1.29 is 13.2 Å². The van der Waals surface area contributed by atoms with Crippen LogP contribution in [0.25, 0.3) is 5.69 Å². The van der Waals surface area contributed by atoms with Crippen LogP contribution in [0.3, 0.4) is 0 Å². The molecule has 2 N–H and O–H groups in total. The standard InChI is InChI=1S/C31H37N7O5S/c1-2-36(28-9-4-18-32-30(28)39)21-26-14-10-23-20-24(11-17-29(23)43-26)33-44(41,42)27-15-12-25(13-16-27)38-31(40)37(34-35-38)19-5-8-22-6-3-7-22/h4,9,11-13,15-18,20,22,26,33H,2-3,5-8,10,14,19,21H2,1H3,(H,32,39). The molecule has 1 aliphatic carbocycles. The Kier molecular flexibility index (Phi) is 8.56. The summed E-state index contributed by atoms with van der Waals surface area (Å²) in [5, 5.41) is 7.98. The van der Waals surface area contributed by atoms with Crippen LogP contribution in [0, 0.1) is 5.92 Å². The number of nitrogens with one attached hydrogen (secondary N) is 2. The largest absolute Gasteiger partial charge is 0.488 e. The van der Waals surface area contributed by atoms with E-state index in [1.807, 2.05) is 11.8 Å². The number of fused-ring (bicyclic) bond motifs is 1. The Morgan fingerprint density at radius 3 is 2.61 bits per heavy atom. The lowest BCUT2D eigenvalue weighted by Gasteiger charge is -2.31. The molecule has 12 nitrogen and oxygen atoms in total. The Morgan fingerprint density at radius 1 is 1.07 bits per heavy atom. The Hall–Kier alpha value is -4.39. The number of anilines is 2. The number of rotatable bonds is 12. The predicted octanol–water partition coefficient (Wildman–Crippen LogP) is 3.72. The quantitative estimate of drug-likeness (QED) is 0.244. The van der Waals surface area contributed by atoms with Crippen molar-refractivity contribution in [3.8, 4) is 11.4 Å². The van der Waals surface area contributed by atoms with Gasteiger partial charge in [-0.3, -0.25) is 9.52 Å². The van der Waals surface area contributed by atoms with Gasteiger partial charge >= 0.3 is 5.69 Å². The van der Waals surface area contributed by atoms with Crippen LogP contribution >= 0.6 is 0 Å². The summed E-state index contributed by atoms with van der Waals surface area (Å²) in [4.78, 5) is 29.8. The van der Waals surface area contributed by atoms with Crippen molar-refractivity contribution in [2.75, 3.05) is 22.7 Å². The van der Waals surface area contributed by atoms with Crippen molar-refractivity contribution >= 4 is 21.4 Å². The second-order valence-corrected chi connectivity index (χ2v) is 13.1. The molecule has 1 unspecified atom stereocenters. The minimum Gasteiger partial charge on any atom is -0.488 e. The highest BCUT2D eigenvalue weighted by molar-refractivity contribution is 7.92. The Labute approximate surface area is 255 Å². The molecule has 4 aromatic rings. The van der Waals surface area contributed by atoms with E-state index < -0.39 is 10.0 Å². The Morgan fingerprint density at radius 2 is 1.89 bits per heavy atom. The molecule has 232 valence electrons. The maximum absolute atomic E-state index is 13.2. The van der Waals surface area contributed by atoms with Gasteiger partial charge in [0.2, 0.25) is 0 Å². The second-order valence-electron chi connectivity index (χ2n) is 11.5. The van der Waals surface area contributed by atoms with Crippen molar-refractivity contribution in [1.29, 1.82) is 0 Å². The first-order valence-corrected chi connectivity index (χ1v) is 16.7. The van der Waals surface area contributed by atoms with Gasteiger partial charge in [0.25, 0.3) is 15.6 Å². The van der Waals surface area contributed by atoms with Crippen LogP contribution in [-0.2, 0) is 23.0 Å². The lowest BCUT2D eigenvalue weighted by atomic mass is 9.82. The lowest BCUT2D eigenvalue weighted by molar-refractivity contribution is 0.178. The van der Waals surface area contributed by atoms with Crippen LogP contribution < -0.4 is 25.6 Å². The SMILES string of the molecule is CCN(CC1CCc2cc(NS(=O)(=O)c3ccc(-n4nnn(CCCC5CCC5)c4=O)cc3)ccc2O1)c1ccc[nH]c1=O. The predicted molar refractivity (Wildman–Crippen MR) is 167 cm³/mol. The minimum absolute atomic E-state index is 0.0618. The Balaban J connectivity index is 1.08. The summed E-state index contributed by atoms with van der Waals surface area (Å²) in [5.74, 6) is 1.47. The summed E-state index contributed by atoms with van der Waals surface area (Å²) in [6.45, 7) is 3.75. The topological polar surface area (TPSA) is 144 Å². The van der Waals surface area contributed by atoms with Gasteiger partial charge in [-0.25, -0.2) is 13.2 Å².